The van der Waals surface area contributed by atoms with Gasteiger partial charge in [0.05, 0.1) is 11.5 Å². The first-order valence-electron chi connectivity index (χ1n) is 5.55. The largest absolute Gasteiger partial charge is 0.207 e. The molecule has 0 spiro atoms. The zero-order valence-corrected chi connectivity index (χ0v) is 8.97. The Bertz CT molecular complexity index is 428. The second-order valence-electron chi connectivity index (χ2n) is 4.38. The molecular formula is C13H13F2N. The Kier molecular flexibility index (Phi) is 2.91. The van der Waals surface area contributed by atoms with Crippen LogP contribution in [0.4, 0.5) is 8.78 Å². The molecule has 1 saturated carbocycles. The van der Waals surface area contributed by atoms with Gasteiger partial charge in [0.2, 0.25) is 0 Å². The van der Waals surface area contributed by atoms with Crippen LogP contribution in [0.5, 0.6) is 0 Å². The summed E-state index contributed by atoms with van der Waals surface area (Å²) in [5, 5.41) is 9.28. The Morgan fingerprint density at radius 3 is 2.38 bits per heavy atom. The van der Waals surface area contributed by atoms with Gasteiger partial charge in [-0.1, -0.05) is 25.3 Å². The Balaban J connectivity index is 2.44. The van der Waals surface area contributed by atoms with Crippen molar-refractivity contribution in [3.05, 3.63) is 35.4 Å². The first-order chi connectivity index (χ1) is 7.68. The minimum Gasteiger partial charge on any atom is -0.207 e. The SMILES string of the molecule is N#CC1(c2ccc(F)cc2F)CCCCC1. The number of benzene rings is 1. The lowest BCUT2D eigenvalue weighted by Crippen LogP contribution is -2.28. The maximum absolute atomic E-state index is 13.7. The van der Waals surface area contributed by atoms with Crippen LogP contribution in [-0.4, -0.2) is 0 Å². The Morgan fingerprint density at radius 1 is 1.12 bits per heavy atom. The summed E-state index contributed by atoms with van der Waals surface area (Å²) in [5.41, 5.74) is -0.383. The molecule has 0 radical (unpaired) electrons. The summed E-state index contributed by atoms with van der Waals surface area (Å²) in [6.45, 7) is 0. The summed E-state index contributed by atoms with van der Waals surface area (Å²) in [5.74, 6) is -1.19. The smallest absolute Gasteiger partial charge is 0.130 e. The van der Waals surface area contributed by atoms with Crippen LogP contribution < -0.4 is 0 Å². The van der Waals surface area contributed by atoms with Gasteiger partial charge in [-0.2, -0.15) is 5.26 Å². The maximum atomic E-state index is 13.7. The van der Waals surface area contributed by atoms with Crippen molar-refractivity contribution < 1.29 is 8.78 Å². The predicted octanol–water partition coefficient (Wildman–Crippen LogP) is 3.69. The van der Waals surface area contributed by atoms with E-state index in [9.17, 15) is 14.0 Å². The molecule has 3 heteroatoms. The average molecular weight is 221 g/mol. The van der Waals surface area contributed by atoms with Gasteiger partial charge in [0.1, 0.15) is 11.6 Å². The van der Waals surface area contributed by atoms with E-state index in [0.717, 1.165) is 25.3 Å². The summed E-state index contributed by atoms with van der Waals surface area (Å²) in [4.78, 5) is 0. The van der Waals surface area contributed by atoms with Crippen LogP contribution in [0, 0.1) is 23.0 Å². The van der Waals surface area contributed by atoms with Crippen molar-refractivity contribution in [2.45, 2.75) is 37.5 Å². The second kappa shape index (κ2) is 4.21. The van der Waals surface area contributed by atoms with E-state index in [1.54, 1.807) is 0 Å². The molecule has 1 aliphatic rings. The van der Waals surface area contributed by atoms with E-state index in [1.165, 1.54) is 12.1 Å². The van der Waals surface area contributed by atoms with E-state index in [2.05, 4.69) is 6.07 Å². The Morgan fingerprint density at radius 2 is 1.81 bits per heavy atom. The molecule has 1 nitrogen and oxygen atoms in total. The van der Waals surface area contributed by atoms with Crippen LogP contribution in [0.15, 0.2) is 18.2 Å². The van der Waals surface area contributed by atoms with Gasteiger partial charge in [0, 0.05) is 11.6 Å². The summed E-state index contributed by atoms with van der Waals surface area (Å²) in [7, 11) is 0. The molecule has 0 aliphatic heterocycles. The van der Waals surface area contributed by atoms with Crippen molar-refractivity contribution in [2.24, 2.45) is 0 Å². The number of hydrogen-bond donors (Lipinski definition) is 0. The number of nitriles is 1. The first kappa shape index (κ1) is 11.1. The molecular weight excluding hydrogens is 208 g/mol. The fourth-order valence-corrected chi connectivity index (χ4v) is 2.47. The van der Waals surface area contributed by atoms with E-state index in [1.807, 2.05) is 0 Å². The standard InChI is InChI=1S/C13H13F2N/c14-10-4-5-11(12(15)8-10)13(9-16)6-2-1-3-7-13/h4-5,8H,1-3,6-7H2. The molecule has 0 bridgehead atoms. The number of halogens is 2. The molecule has 84 valence electrons. The molecule has 1 aromatic carbocycles. The van der Waals surface area contributed by atoms with Crippen LogP contribution in [-0.2, 0) is 5.41 Å². The second-order valence-corrected chi connectivity index (χ2v) is 4.38. The van der Waals surface area contributed by atoms with Crippen molar-refractivity contribution in [3.8, 4) is 6.07 Å². The molecule has 2 rings (SSSR count). The molecule has 0 amide bonds. The van der Waals surface area contributed by atoms with E-state index >= 15 is 0 Å². The van der Waals surface area contributed by atoms with Crippen molar-refractivity contribution in [2.75, 3.05) is 0 Å². The van der Waals surface area contributed by atoms with Crippen LogP contribution in [0.3, 0.4) is 0 Å². The highest BCUT2D eigenvalue weighted by Crippen LogP contribution is 2.40. The molecule has 1 fully saturated rings. The summed E-state index contributed by atoms with van der Waals surface area (Å²) < 4.78 is 26.5. The average Bonchev–Trinajstić information content (AvgIpc) is 2.30. The van der Waals surface area contributed by atoms with Gasteiger partial charge in [-0.15, -0.1) is 0 Å². The molecule has 0 N–H and O–H groups in total. The number of nitrogens with zero attached hydrogens (tertiary/aromatic N) is 1. The molecule has 0 aromatic heterocycles. The Hall–Kier alpha value is -1.43. The molecule has 0 saturated heterocycles. The van der Waals surface area contributed by atoms with Crippen molar-refractivity contribution in [3.63, 3.8) is 0 Å². The van der Waals surface area contributed by atoms with E-state index < -0.39 is 17.0 Å². The molecule has 16 heavy (non-hydrogen) atoms. The third-order valence-electron chi connectivity index (χ3n) is 3.37. The van der Waals surface area contributed by atoms with Crippen molar-refractivity contribution in [1.29, 1.82) is 5.26 Å². The van der Waals surface area contributed by atoms with Crippen molar-refractivity contribution in [1.82, 2.24) is 0 Å². The van der Waals surface area contributed by atoms with Crippen LogP contribution in [0.1, 0.15) is 37.7 Å². The highest BCUT2D eigenvalue weighted by Gasteiger charge is 2.36. The number of hydrogen-bond acceptors (Lipinski definition) is 1. The monoisotopic (exact) mass is 221 g/mol. The lowest BCUT2D eigenvalue weighted by molar-refractivity contribution is 0.353. The third-order valence-corrected chi connectivity index (χ3v) is 3.37. The van der Waals surface area contributed by atoms with Crippen LogP contribution >= 0.6 is 0 Å². The van der Waals surface area contributed by atoms with Crippen LogP contribution in [0.25, 0.3) is 0 Å². The van der Waals surface area contributed by atoms with Gasteiger partial charge in [-0.05, 0) is 18.9 Å². The maximum Gasteiger partial charge on any atom is 0.130 e. The van der Waals surface area contributed by atoms with E-state index in [-0.39, 0.29) is 0 Å². The van der Waals surface area contributed by atoms with Crippen LogP contribution in [0.2, 0.25) is 0 Å². The van der Waals surface area contributed by atoms with Gasteiger partial charge in [-0.25, -0.2) is 8.78 Å². The highest BCUT2D eigenvalue weighted by molar-refractivity contribution is 5.34. The van der Waals surface area contributed by atoms with Gasteiger partial charge in [0.25, 0.3) is 0 Å². The predicted molar refractivity (Wildman–Crippen MR) is 56.7 cm³/mol. The van der Waals surface area contributed by atoms with E-state index in [0.29, 0.717) is 18.4 Å². The fraction of sp³-hybridized carbons (Fsp3) is 0.462. The topological polar surface area (TPSA) is 23.8 Å². The summed E-state index contributed by atoms with van der Waals surface area (Å²) in [6, 6.07) is 5.74. The summed E-state index contributed by atoms with van der Waals surface area (Å²) in [6.07, 6.45) is 4.30. The van der Waals surface area contributed by atoms with Gasteiger partial charge in [0.15, 0.2) is 0 Å². The minimum absolute atomic E-state index is 0.358. The Labute approximate surface area is 93.7 Å². The van der Waals surface area contributed by atoms with Gasteiger partial charge in [-0.3, -0.25) is 0 Å². The fourth-order valence-electron chi connectivity index (χ4n) is 2.47. The quantitative estimate of drug-likeness (QED) is 0.709. The highest BCUT2D eigenvalue weighted by atomic mass is 19.1. The van der Waals surface area contributed by atoms with Crippen molar-refractivity contribution >= 4 is 0 Å². The first-order valence-corrected chi connectivity index (χ1v) is 5.55. The molecule has 1 aromatic rings. The lowest BCUT2D eigenvalue weighted by atomic mass is 9.70. The molecule has 0 atom stereocenters. The van der Waals surface area contributed by atoms with Gasteiger partial charge < -0.3 is 0 Å². The third kappa shape index (κ3) is 1.80. The van der Waals surface area contributed by atoms with E-state index in [4.69, 9.17) is 0 Å². The molecule has 1 aliphatic carbocycles. The number of rotatable bonds is 1. The zero-order valence-electron chi connectivity index (χ0n) is 8.97. The lowest BCUT2D eigenvalue weighted by Gasteiger charge is -2.31. The molecule has 0 heterocycles. The zero-order chi connectivity index (χ0) is 11.6. The van der Waals surface area contributed by atoms with Gasteiger partial charge >= 0.3 is 0 Å². The summed E-state index contributed by atoms with van der Waals surface area (Å²) >= 11 is 0. The minimum atomic E-state index is -0.740. The normalized spacial score (nSPS) is 19.1. The molecule has 0 unspecified atom stereocenters.